The molecular formula is C7H11NaO4. The van der Waals surface area contributed by atoms with Gasteiger partial charge in [0.05, 0.1) is 18.5 Å². The number of hydrogen-bond acceptors (Lipinski definition) is 4. The molecule has 0 spiro atoms. The number of carbonyl (C=O) groups excluding carboxylic acids is 2. The topological polar surface area (TPSA) is 66.4 Å². The normalized spacial score (nSPS) is 11.2. The number of esters is 1. The van der Waals surface area contributed by atoms with Gasteiger partial charge in [-0.25, -0.2) is 0 Å². The van der Waals surface area contributed by atoms with E-state index in [1.54, 1.807) is 13.8 Å². The van der Waals surface area contributed by atoms with Crippen LogP contribution >= 0.6 is 0 Å². The van der Waals surface area contributed by atoms with E-state index in [1.165, 1.54) is 0 Å². The number of hydrogen-bond donors (Lipinski definition) is 0. The fourth-order valence-electron chi connectivity index (χ4n) is 0.672. The minimum atomic E-state index is -1.37. The second-order valence-corrected chi connectivity index (χ2v) is 2.03. The first-order chi connectivity index (χ1) is 5.13. The summed E-state index contributed by atoms with van der Waals surface area (Å²) in [7, 11) is 0. The molecule has 0 N–H and O–H groups in total. The first-order valence-electron chi connectivity index (χ1n) is 3.50. The molecule has 0 aliphatic rings. The van der Waals surface area contributed by atoms with Crippen molar-refractivity contribution in [3.05, 3.63) is 0 Å². The van der Waals surface area contributed by atoms with Crippen LogP contribution in [-0.4, -0.2) is 18.5 Å². The van der Waals surface area contributed by atoms with E-state index < -0.39 is 17.9 Å². The van der Waals surface area contributed by atoms with Gasteiger partial charge >= 0.3 is 35.5 Å². The van der Waals surface area contributed by atoms with Gasteiger partial charge < -0.3 is 14.6 Å². The summed E-state index contributed by atoms with van der Waals surface area (Å²) in [6, 6.07) is 0. The number of rotatable bonds is 4. The van der Waals surface area contributed by atoms with Gasteiger partial charge in [-0.2, -0.15) is 0 Å². The van der Waals surface area contributed by atoms with Crippen molar-refractivity contribution >= 4 is 11.9 Å². The van der Waals surface area contributed by atoms with Crippen molar-refractivity contribution in [1.82, 2.24) is 0 Å². The zero-order valence-corrected chi connectivity index (χ0v) is 9.62. The van der Waals surface area contributed by atoms with E-state index in [-0.39, 0.29) is 42.6 Å². The molecule has 0 bridgehead atoms. The van der Waals surface area contributed by atoms with Gasteiger partial charge in [-0.15, -0.1) is 0 Å². The van der Waals surface area contributed by atoms with Crippen molar-refractivity contribution in [2.24, 2.45) is 5.92 Å². The smallest absolute Gasteiger partial charge is 0.549 e. The fourth-order valence-corrected chi connectivity index (χ4v) is 0.672. The monoisotopic (exact) mass is 182 g/mol. The summed E-state index contributed by atoms with van der Waals surface area (Å²) < 4.78 is 4.50. The Morgan fingerprint density at radius 2 is 1.92 bits per heavy atom. The molecule has 0 saturated carbocycles. The van der Waals surface area contributed by atoms with Crippen LogP contribution in [-0.2, 0) is 14.3 Å². The third-order valence-electron chi connectivity index (χ3n) is 1.26. The maximum absolute atomic E-state index is 10.8. The van der Waals surface area contributed by atoms with Crippen LogP contribution in [0.1, 0.15) is 20.3 Å². The zero-order valence-electron chi connectivity index (χ0n) is 7.62. The summed E-state index contributed by atoms with van der Waals surface area (Å²) >= 11 is 0. The van der Waals surface area contributed by atoms with Gasteiger partial charge in [0.1, 0.15) is 0 Å². The van der Waals surface area contributed by atoms with Crippen molar-refractivity contribution < 1.29 is 49.0 Å². The van der Waals surface area contributed by atoms with E-state index in [0.717, 1.165) is 0 Å². The molecule has 5 heteroatoms. The summed E-state index contributed by atoms with van der Waals surface area (Å²) in [5, 5.41) is 10.2. The average Bonchev–Trinajstić information content (AvgIpc) is 1.88. The van der Waals surface area contributed by atoms with Gasteiger partial charge in [0.15, 0.2) is 0 Å². The molecule has 0 heterocycles. The number of carbonyl (C=O) groups is 2. The van der Waals surface area contributed by atoms with Crippen molar-refractivity contribution in [2.75, 3.05) is 6.61 Å². The second kappa shape index (κ2) is 7.58. The van der Waals surface area contributed by atoms with E-state index in [2.05, 4.69) is 4.74 Å². The molecule has 0 radical (unpaired) electrons. The van der Waals surface area contributed by atoms with Crippen molar-refractivity contribution in [2.45, 2.75) is 20.3 Å². The number of carboxylic acid groups (broad SMARTS) is 1. The largest absolute Gasteiger partial charge is 1.00 e. The third kappa shape index (κ3) is 4.74. The SMILES string of the molecule is CCOC(=O)C(CC)C(=O)[O-].[Na+]. The van der Waals surface area contributed by atoms with Crippen molar-refractivity contribution in [3.8, 4) is 0 Å². The van der Waals surface area contributed by atoms with Gasteiger partial charge in [0.2, 0.25) is 0 Å². The van der Waals surface area contributed by atoms with E-state index >= 15 is 0 Å². The third-order valence-corrected chi connectivity index (χ3v) is 1.26. The summed E-state index contributed by atoms with van der Waals surface area (Å²) in [5.41, 5.74) is 0. The fraction of sp³-hybridized carbons (Fsp3) is 0.714. The van der Waals surface area contributed by atoms with Crippen LogP contribution in [0.4, 0.5) is 0 Å². The van der Waals surface area contributed by atoms with E-state index in [0.29, 0.717) is 0 Å². The van der Waals surface area contributed by atoms with Gasteiger partial charge in [0.25, 0.3) is 0 Å². The molecule has 1 unspecified atom stereocenters. The molecule has 0 aromatic carbocycles. The minimum Gasteiger partial charge on any atom is -0.549 e. The summed E-state index contributed by atoms with van der Waals surface area (Å²) in [6.45, 7) is 3.42. The van der Waals surface area contributed by atoms with Crippen LogP contribution in [0.25, 0.3) is 0 Å². The molecule has 0 saturated heterocycles. The number of aliphatic carboxylic acids is 1. The van der Waals surface area contributed by atoms with Crippen LogP contribution in [0.15, 0.2) is 0 Å². The second-order valence-electron chi connectivity index (χ2n) is 2.03. The predicted molar refractivity (Wildman–Crippen MR) is 35.4 cm³/mol. The maximum atomic E-state index is 10.8. The molecule has 0 aliphatic carbocycles. The van der Waals surface area contributed by atoms with Crippen LogP contribution < -0.4 is 34.7 Å². The van der Waals surface area contributed by atoms with Crippen LogP contribution in [0.5, 0.6) is 0 Å². The number of ether oxygens (including phenoxy) is 1. The average molecular weight is 182 g/mol. The van der Waals surface area contributed by atoms with E-state index in [9.17, 15) is 14.7 Å². The predicted octanol–water partition coefficient (Wildman–Crippen LogP) is -3.67. The Morgan fingerprint density at radius 1 is 1.42 bits per heavy atom. The first kappa shape index (κ1) is 14.5. The first-order valence-corrected chi connectivity index (χ1v) is 3.50. The molecule has 0 aromatic rings. The van der Waals surface area contributed by atoms with E-state index in [1.807, 2.05) is 0 Å². The van der Waals surface area contributed by atoms with Gasteiger partial charge in [-0.3, -0.25) is 4.79 Å². The molecule has 0 aromatic heterocycles. The zero-order chi connectivity index (χ0) is 8.85. The quantitative estimate of drug-likeness (QED) is 0.255. The molecular weight excluding hydrogens is 171 g/mol. The summed E-state index contributed by atoms with van der Waals surface area (Å²) in [4.78, 5) is 21.0. The van der Waals surface area contributed by atoms with Gasteiger partial charge in [-0.1, -0.05) is 6.92 Å². The Balaban J connectivity index is 0. The van der Waals surface area contributed by atoms with Crippen LogP contribution in [0.3, 0.4) is 0 Å². The Labute approximate surface area is 93.6 Å². The van der Waals surface area contributed by atoms with Crippen molar-refractivity contribution in [3.63, 3.8) is 0 Å². The van der Waals surface area contributed by atoms with Gasteiger partial charge in [0, 0.05) is 0 Å². The van der Waals surface area contributed by atoms with Gasteiger partial charge in [-0.05, 0) is 13.3 Å². The molecule has 64 valence electrons. The molecule has 0 aliphatic heterocycles. The summed E-state index contributed by atoms with van der Waals surface area (Å²) in [6.07, 6.45) is 0.209. The summed E-state index contributed by atoms with van der Waals surface area (Å²) in [5.74, 6) is -3.20. The number of carboxylic acids is 1. The molecule has 12 heavy (non-hydrogen) atoms. The Bertz CT molecular complexity index is 157. The Morgan fingerprint density at radius 3 is 2.17 bits per heavy atom. The molecule has 0 amide bonds. The van der Waals surface area contributed by atoms with Crippen LogP contribution in [0, 0.1) is 5.92 Å². The Hall–Kier alpha value is -0.0600. The molecule has 0 fully saturated rings. The Kier molecular flexibility index (Phi) is 9.14. The minimum absolute atomic E-state index is 0. The van der Waals surface area contributed by atoms with Crippen molar-refractivity contribution in [1.29, 1.82) is 0 Å². The molecule has 0 rings (SSSR count). The maximum Gasteiger partial charge on any atom is 1.00 e. The van der Waals surface area contributed by atoms with E-state index in [4.69, 9.17) is 0 Å². The standard InChI is InChI=1S/C7H12O4.Na/c1-3-5(6(8)9)7(10)11-4-2;/h5H,3-4H2,1-2H3,(H,8,9);/q;+1/p-1. The molecule has 4 nitrogen and oxygen atoms in total. The van der Waals surface area contributed by atoms with Crippen LogP contribution in [0.2, 0.25) is 0 Å². The molecule has 1 atom stereocenters.